The van der Waals surface area contributed by atoms with E-state index in [4.69, 9.17) is 5.11 Å². The molecule has 0 bridgehead atoms. The molecular formula is C6H11NO3S. The van der Waals surface area contributed by atoms with Crippen LogP contribution in [0, 0.1) is 0 Å². The first-order valence-electron chi connectivity index (χ1n) is 3.17. The molecule has 0 atom stereocenters. The van der Waals surface area contributed by atoms with E-state index in [9.17, 15) is 9.59 Å². The molecule has 0 aromatic carbocycles. The maximum atomic E-state index is 10.3. The van der Waals surface area contributed by atoms with Gasteiger partial charge in [-0.05, 0) is 0 Å². The zero-order valence-electron chi connectivity index (χ0n) is 6.29. The summed E-state index contributed by atoms with van der Waals surface area (Å²) >= 11 is 1.29. The largest absolute Gasteiger partial charge is 0.481 e. The molecule has 64 valence electrons. The highest BCUT2D eigenvalue weighted by Crippen LogP contribution is 1.96. The number of aliphatic carboxylic acids is 1. The fourth-order valence-corrected chi connectivity index (χ4v) is 1.02. The van der Waals surface area contributed by atoms with Gasteiger partial charge in [-0.15, -0.1) is 11.8 Å². The van der Waals surface area contributed by atoms with Gasteiger partial charge in [-0.25, -0.2) is 0 Å². The van der Waals surface area contributed by atoms with E-state index in [1.165, 1.54) is 18.7 Å². The van der Waals surface area contributed by atoms with E-state index in [1.54, 1.807) is 0 Å². The van der Waals surface area contributed by atoms with E-state index in [0.29, 0.717) is 12.3 Å². The Hall–Kier alpha value is -0.710. The zero-order valence-corrected chi connectivity index (χ0v) is 7.11. The Labute approximate surface area is 69.4 Å². The third-order valence-electron chi connectivity index (χ3n) is 0.846. The summed E-state index contributed by atoms with van der Waals surface area (Å²) in [6.07, 6.45) is 0. The van der Waals surface area contributed by atoms with Crippen molar-refractivity contribution >= 4 is 23.6 Å². The lowest BCUT2D eigenvalue weighted by atomic mass is 10.6. The molecule has 0 aliphatic carbocycles. The summed E-state index contributed by atoms with van der Waals surface area (Å²) in [5, 5.41) is 10.8. The molecule has 0 fully saturated rings. The molecule has 0 aromatic rings. The van der Waals surface area contributed by atoms with Gasteiger partial charge >= 0.3 is 5.97 Å². The van der Waals surface area contributed by atoms with Crippen LogP contribution in [0.5, 0.6) is 0 Å². The molecule has 0 saturated carbocycles. The van der Waals surface area contributed by atoms with Crippen LogP contribution in [0.1, 0.15) is 6.92 Å². The SMILES string of the molecule is CC(=O)NCCSCC(=O)O. The van der Waals surface area contributed by atoms with Crippen molar-refractivity contribution in [3.8, 4) is 0 Å². The first kappa shape index (κ1) is 10.3. The molecule has 0 radical (unpaired) electrons. The van der Waals surface area contributed by atoms with Crippen LogP contribution in [0.2, 0.25) is 0 Å². The lowest BCUT2D eigenvalue weighted by molar-refractivity contribution is -0.133. The van der Waals surface area contributed by atoms with Gasteiger partial charge in [-0.3, -0.25) is 9.59 Å². The number of carboxylic acid groups (broad SMARTS) is 1. The summed E-state index contributed by atoms with van der Waals surface area (Å²) in [7, 11) is 0. The summed E-state index contributed by atoms with van der Waals surface area (Å²) in [5.74, 6) is -0.162. The van der Waals surface area contributed by atoms with Gasteiger partial charge in [0.1, 0.15) is 0 Å². The second-order valence-electron chi connectivity index (χ2n) is 1.93. The van der Waals surface area contributed by atoms with E-state index >= 15 is 0 Å². The summed E-state index contributed by atoms with van der Waals surface area (Å²) in [6, 6.07) is 0. The van der Waals surface area contributed by atoms with Gasteiger partial charge in [0.25, 0.3) is 0 Å². The van der Waals surface area contributed by atoms with Crippen LogP contribution < -0.4 is 5.32 Å². The maximum Gasteiger partial charge on any atom is 0.313 e. The van der Waals surface area contributed by atoms with Gasteiger partial charge in [0.2, 0.25) is 5.91 Å². The average molecular weight is 177 g/mol. The zero-order chi connectivity index (χ0) is 8.69. The van der Waals surface area contributed by atoms with Gasteiger partial charge in [-0.1, -0.05) is 0 Å². The molecule has 4 nitrogen and oxygen atoms in total. The molecule has 2 N–H and O–H groups in total. The summed E-state index contributed by atoms with van der Waals surface area (Å²) in [4.78, 5) is 20.3. The van der Waals surface area contributed by atoms with Crippen molar-refractivity contribution < 1.29 is 14.7 Å². The first-order chi connectivity index (χ1) is 5.13. The van der Waals surface area contributed by atoms with E-state index in [1.807, 2.05) is 0 Å². The average Bonchev–Trinajstić information content (AvgIpc) is 1.85. The Bertz CT molecular complexity index is 133. The molecule has 5 heteroatoms. The van der Waals surface area contributed by atoms with Crippen molar-refractivity contribution in [1.29, 1.82) is 0 Å². The number of rotatable bonds is 5. The number of carboxylic acids is 1. The van der Waals surface area contributed by atoms with E-state index in [2.05, 4.69) is 5.32 Å². The Morgan fingerprint density at radius 1 is 1.55 bits per heavy atom. The molecule has 0 heterocycles. The van der Waals surface area contributed by atoms with Crippen LogP contribution in [-0.4, -0.2) is 35.0 Å². The molecule has 0 aliphatic heterocycles. The highest BCUT2D eigenvalue weighted by atomic mass is 32.2. The van der Waals surface area contributed by atoms with Crippen molar-refractivity contribution in [3.05, 3.63) is 0 Å². The van der Waals surface area contributed by atoms with Crippen LogP contribution in [0.15, 0.2) is 0 Å². The van der Waals surface area contributed by atoms with Crippen LogP contribution in [0.4, 0.5) is 0 Å². The molecule has 0 rings (SSSR count). The van der Waals surface area contributed by atoms with Crippen molar-refractivity contribution in [2.45, 2.75) is 6.92 Å². The number of thioether (sulfide) groups is 1. The predicted octanol–water partition coefficient (Wildman–Crippen LogP) is -0.0597. The Balaban J connectivity index is 3.03. The Kier molecular flexibility index (Phi) is 5.64. The minimum Gasteiger partial charge on any atom is -0.481 e. The number of carbonyl (C=O) groups is 2. The lowest BCUT2D eigenvalue weighted by Gasteiger charge is -1.98. The third kappa shape index (κ3) is 9.29. The smallest absolute Gasteiger partial charge is 0.313 e. The van der Waals surface area contributed by atoms with Gasteiger partial charge in [0.15, 0.2) is 0 Å². The van der Waals surface area contributed by atoms with Gasteiger partial charge < -0.3 is 10.4 Å². The van der Waals surface area contributed by atoms with Crippen LogP contribution >= 0.6 is 11.8 Å². The molecular weight excluding hydrogens is 166 g/mol. The Morgan fingerprint density at radius 3 is 2.64 bits per heavy atom. The minimum absolute atomic E-state index is 0.0825. The number of carbonyl (C=O) groups excluding carboxylic acids is 1. The second kappa shape index (κ2) is 6.03. The first-order valence-corrected chi connectivity index (χ1v) is 4.32. The normalized spacial score (nSPS) is 9.18. The molecule has 0 saturated heterocycles. The van der Waals surface area contributed by atoms with Gasteiger partial charge in [-0.2, -0.15) is 0 Å². The van der Waals surface area contributed by atoms with E-state index in [-0.39, 0.29) is 11.7 Å². The molecule has 0 aromatic heterocycles. The molecule has 1 amide bonds. The van der Waals surface area contributed by atoms with Crippen molar-refractivity contribution in [2.24, 2.45) is 0 Å². The molecule has 0 spiro atoms. The van der Waals surface area contributed by atoms with Crippen molar-refractivity contribution in [1.82, 2.24) is 5.32 Å². The Morgan fingerprint density at radius 2 is 2.18 bits per heavy atom. The summed E-state index contributed by atoms with van der Waals surface area (Å²) in [5.41, 5.74) is 0. The topological polar surface area (TPSA) is 66.4 Å². The van der Waals surface area contributed by atoms with E-state index in [0.717, 1.165) is 0 Å². The lowest BCUT2D eigenvalue weighted by Crippen LogP contribution is -2.22. The standard InChI is InChI=1S/C6H11NO3S/c1-5(8)7-2-3-11-4-6(9)10/h2-4H2,1H3,(H,7,8)(H,9,10). The van der Waals surface area contributed by atoms with Crippen LogP contribution in [0.25, 0.3) is 0 Å². The summed E-state index contributed by atoms with van der Waals surface area (Å²) in [6.45, 7) is 1.97. The predicted molar refractivity (Wildman–Crippen MR) is 43.6 cm³/mol. The fourth-order valence-electron chi connectivity index (χ4n) is 0.459. The number of hydrogen-bond donors (Lipinski definition) is 2. The minimum atomic E-state index is -0.821. The molecule has 0 unspecified atom stereocenters. The quantitative estimate of drug-likeness (QED) is 0.577. The maximum absolute atomic E-state index is 10.3. The number of hydrogen-bond acceptors (Lipinski definition) is 3. The van der Waals surface area contributed by atoms with E-state index < -0.39 is 5.97 Å². The fraction of sp³-hybridized carbons (Fsp3) is 0.667. The van der Waals surface area contributed by atoms with Crippen molar-refractivity contribution in [3.63, 3.8) is 0 Å². The molecule has 0 aliphatic rings. The number of amides is 1. The third-order valence-corrected chi connectivity index (χ3v) is 1.79. The monoisotopic (exact) mass is 177 g/mol. The highest BCUT2D eigenvalue weighted by molar-refractivity contribution is 7.99. The van der Waals surface area contributed by atoms with Crippen molar-refractivity contribution in [2.75, 3.05) is 18.1 Å². The van der Waals surface area contributed by atoms with Gasteiger partial charge in [0.05, 0.1) is 5.75 Å². The highest BCUT2D eigenvalue weighted by Gasteiger charge is 1.96. The summed E-state index contributed by atoms with van der Waals surface area (Å²) < 4.78 is 0. The number of nitrogens with one attached hydrogen (secondary N) is 1. The molecule has 11 heavy (non-hydrogen) atoms. The second-order valence-corrected chi connectivity index (χ2v) is 3.03. The van der Waals surface area contributed by atoms with Gasteiger partial charge in [0, 0.05) is 19.2 Å². The van der Waals surface area contributed by atoms with Crippen LogP contribution in [0.3, 0.4) is 0 Å². The van der Waals surface area contributed by atoms with Crippen LogP contribution in [-0.2, 0) is 9.59 Å².